The molecule has 0 amide bonds. The monoisotopic (exact) mass is 266 g/mol. The van der Waals surface area contributed by atoms with Crippen molar-refractivity contribution in [1.82, 2.24) is 0 Å². The summed E-state index contributed by atoms with van der Waals surface area (Å²) in [6.07, 6.45) is 9.08. The van der Waals surface area contributed by atoms with Gasteiger partial charge in [-0.05, 0) is 37.2 Å². The molecule has 2 unspecified atom stereocenters. The van der Waals surface area contributed by atoms with E-state index in [2.05, 4.69) is 87.0 Å². The Kier molecular flexibility index (Phi) is 7.07. The van der Waals surface area contributed by atoms with Crippen LogP contribution in [0.3, 0.4) is 0 Å². The van der Waals surface area contributed by atoms with Crippen molar-refractivity contribution >= 4 is 0 Å². The van der Waals surface area contributed by atoms with E-state index in [9.17, 15) is 0 Å². The van der Waals surface area contributed by atoms with E-state index in [1.165, 1.54) is 6.54 Å². The molecule has 0 heterocycles. The first kappa shape index (κ1) is 18.4. The van der Waals surface area contributed by atoms with Gasteiger partial charge in [0.1, 0.15) is 0 Å². The molecule has 0 aromatic carbocycles. The van der Waals surface area contributed by atoms with Crippen LogP contribution in [0.5, 0.6) is 0 Å². The van der Waals surface area contributed by atoms with Crippen molar-refractivity contribution in [3.8, 4) is 0 Å². The standard InChI is InChI=1S/C18H36N/c1-10-12-17(18(6,7)15(3)4)16(5)14-19(8,9)13-11-2/h10-13,15-17H,14H2,1-9H3/q+1. The lowest BCUT2D eigenvalue weighted by Gasteiger charge is -2.41. The smallest absolute Gasteiger partial charge is 0.0911 e. The Labute approximate surface area is 122 Å². The lowest BCUT2D eigenvalue weighted by atomic mass is 9.66. The highest BCUT2D eigenvalue weighted by atomic mass is 15.3. The summed E-state index contributed by atoms with van der Waals surface area (Å²) in [5.41, 5.74) is 0.335. The van der Waals surface area contributed by atoms with Crippen LogP contribution in [-0.4, -0.2) is 25.1 Å². The number of quaternary nitrogens is 1. The molecule has 19 heavy (non-hydrogen) atoms. The highest BCUT2D eigenvalue weighted by molar-refractivity contribution is 4.97. The van der Waals surface area contributed by atoms with Crippen molar-refractivity contribution in [2.45, 2.75) is 48.5 Å². The molecule has 0 bridgehead atoms. The maximum atomic E-state index is 2.42. The van der Waals surface area contributed by atoms with Crippen LogP contribution >= 0.6 is 0 Å². The molecule has 0 aliphatic rings. The van der Waals surface area contributed by atoms with Crippen LogP contribution in [0, 0.1) is 23.2 Å². The highest BCUT2D eigenvalue weighted by Gasteiger charge is 2.36. The third kappa shape index (κ3) is 5.52. The number of rotatable bonds is 7. The average Bonchev–Trinajstić information content (AvgIpc) is 2.24. The van der Waals surface area contributed by atoms with Gasteiger partial charge in [0.25, 0.3) is 0 Å². The second kappa shape index (κ2) is 7.28. The van der Waals surface area contributed by atoms with Crippen molar-refractivity contribution in [2.75, 3.05) is 20.6 Å². The minimum atomic E-state index is 0.335. The van der Waals surface area contributed by atoms with Gasteiger partial charge in [-0.15, -0.1) is 0 Å². The second-order valence-electron chi connectivity index (χ2n) is 7.45. The van der Waals surface area contributed by atoms with E-state index in [-0.39, 0.29) is 0 Å². The first-order valence-corrected chi connectivity index (χ1v) is 7.67. The molecule has 112 valence electrons. The van der Waals surface area contributed by atoms with Crippen LogP contribution < -0.4 is 0 Å². The van der Waals surface area contributed by atoms with Crippen molar-refractivity contribution in [3.63, 3.8) is 0 Å². The summed E-state index contributed by atoms with van der Waals surface area (Å²) in [4.78, 5) is 0. The molecule has 0 saturated heterocycles. The molecule has 0 saturated carbocycles. The Hall–Kier alpha value is -0.560. The van der Waals surface area contributed by atoms with E-state index in [1.54, 1.807) is 0 Å². The van der Waals surface area contributed by atoms with Crippen molar-refractivity contribution < 1.29 is 4.48 Å². The molecule has 0 fully saturated rings. The van der Waals surface area contributed by atoms with Crippen molar-refractivity contribution in [3.05, 3.63) is 24.4 Å². The predicted molar refractivity (Wildman–Crippen MR) is 87.9 cm³/mol. The number of hydrogen-bond donors (Lipinski definition) is 0. The third-order valence-corrected chi connectivity index (χ3v) is 4.67. The van der Waals surface area contributed by atoms with E-state index in [4.69, 9.17) is 0 Å². The molecule has 1 nitrogen and oxygen atoms in total. The van der Waals surface area contributed by atoms with Crippen LogP contribution in [0.1, 0.15) is 48.5 Å². The number of allylic oxidation sites excluding steroid dienone is 3. The quantitative estimate of drug-likeness (QED) is 0.444. The van der Waals surface area contributed by atoms with Gasteiger partial charge in [0.15, 0.2) is 0 Å². The summed E-state index contributed by atoms with van der Waals surface area (Å²) in [5.74, 6) is 1.98. The fourth-order valence-electron chi connectivity index (χ4n) is 3.08. The molecule has 0 radical (unpaired) electrons. The zero-order valence-corrected chi connectivity index (χ0v) is 14.7. The Bertz CT molecular complexity index is 308. The predicted octanol–water partition coefficient (Wildman–Crippen LogP) is 5.11. The minimum absolute atomic E-state index is 0.335. The third-order valence-electron chi connectivity index (χ3n) is 4.67. The zero-order valence-electron chi connectivity index (χ0n) is 14.7. The van der Waals surface area contributed by atoms with E-state index >= 15 is 0 Å². The molecule has 0 aromatic rings. The SMILES string of the molecule is CC=CC(C(C)C[N+](C)(C)C=CC)C(C)(C)C(C)C. The summed E-state index contributed by atoms with van der Waals surface area (Å²) in [5, 5.41) is 0. The molecule has 0 spiro atoms. The molecule has 2 atom stereocenters. The minimum Gasteiger partial charge on any atom is -0.302 e. The highest BCUT2D eigenvalue weighted by Crippen LogP contribution is 2.40. The second-order valence-corrected chi connectivity index (χ2v) is 7.45. The summed E-state index contributed by atoms with van der Waals surface area (Å²) in [6.45, 7) is 17.3. The molecule has 0 N–H and O–H groups in total. The van der Waals surface area contributed by atoms with Gasteiger partial charge in [0, 0.05) is 5.92 Å². The van der Waals surface area contributed by atoms with Gasteiger partial charge < -0.3 is 4.48 Å². The molecule has 1 heteroatoms. The fraction of sp³-hybridized carbons (Fsp3) is 0.778. The normalized spacial score (nSPS) is 17.6. The largest absolute Gasteiger partial charge is 0.302 e. The van der Waals surface area contributed by atoms with Gasteiger partial charge in [-0.3, -0.25) is 0 Å². The number of hydrogen-bond acceptors (Lipinski definition) is 0. The van der Waals surface area contributed by atoms with Crippen molar-refractivity contribution in [1.29, 1.82) is 0 Å². The first-order chi connectivity index (χ1) is 8.58. The zero-order chi connectivity index (χ0) is 15.3. The van der Waals surface area contributed by atoms with Gasteiger partial charge in [0.05, 0.1) is 26.8 Å². The Morgan fingerprint density at radius 1 is 1.00 bits per heavy atom. The maximum Gasteiger partial charge on any atom is 0.0911 e. The van der Waals surface area contributed by atoms with E-state index < -0.39 is 0 Å². The van der Waals surface area contributed by atoms with Crippen molar-refractivity contribution in [2.24, 2.45) is 23.2 Å². The van der Waals surface area contributed by atoms with Gasteiger partial charge in [0.2, 0.25) is 0 Å². The van der Waals surface area contributed by atoms with Gasteiger partial charge in [-0.1, -0.05) is 46.8 Å². The van der Waals surface area contributed by atoms with Gasteiger partial charge >= 0.3 is 0 Å². The van der Waals surface area contributed by atoms with Gasteiger partial charge in [-0.25, -0.2) is 0 Å². The molecular formula is C18H36N+. The molecule has 0 aliphatic carbocycles. The van der Waals surface area contributed by atoms with Crippen LogP contribution in [-0.2, 0) is 0 Å². The van der Waals surface area contributed by atoms with E-state index in [0.717, 1.165) is 4.48 Å². The summed E-state index contributed by atoms with van der Waals surface area (Å²) in [6, 6.07) is 0. The maximum absolute atomic E-state index is 2.42. The molecule has 0 aliphatic heterocycles. The van der Waals surface area contributed by atoms with E-state index in [0.29, 0.717) is 23.2 Å². The van der Waals surface area contributed by atoms with Crippen LogP contribution in [0.25, 0.3) is 0 Å². The summed E-state index contributed by atoms with van der Waals surface area (Å²) >= 11 is 0. The summed E-state index contributed by atoms with van der Waals surface area (Å²) < 4.78 is 0.958. The molecule has 0 rings (SSSR count). The van der Waals surface area contributed by atoms with Crippen LogP contribution in [0.4, 0.5) is 0 Å². The lowest BCUT2D eigenvalue weighted by Crippen LogP contribution is -2.43. The van der Waals surface area contributed by atoms with Gasteiger partial charge in [-0.2, -0.15) is 0 Å². The van der Waals surface area contributed by atoms with Crippen LogP contribution in [0.2, 0.25) is 0 Å². The lowest BCUT2D eigenvalue weighted by molar-refractivity contribution is -0.843. The Morgan fingerprint density at radius 3 is 1.89 bits per heavy atom. The molecule has 0 aromatic heterocycles. The Balaban J connectivity index is 5.11. The first-order valence-electron chi connectivity index (χ1n) is 7.67. The molecular weight excluding hydrogens is 230 g/mol. The van der Waals surface area contributed by atoms with E-state index in [1.807, 2.05) is 0 Å². The van der Waals surface area contributed by atoms with Crippen LogP contribution in [0.15, 0.2) is 24.4 Å². The summed E-state index contributed by atoms with van der Waals surface area (Å²) in [7, 11) is 4.57. The average molecular weight is 266 g/mol. The topological polar surface area (TPSA) is 0 Å². The Morgan fingerprint density at radius 2 is 1.53 bits per heavy atom. The number of nitrogens with zero attached hydrogens (tertiary/aromatic N) is 1. The fourth-order valence-corrected chi connectivity index (χ4v) is 3.08.